The second-order valence-corrected chi connectivity index (χ2v) is 7.48. The largest absolute Gasteiger partial charge is 0.338 e. The minimum Gasteiger partial charge on any atom is -0.338 e. The average Bonchev–Trinajstić information content (AvgIpc) is 3.18. The Morgan fingerprint density at radius 3 is 2.74 bits per heavy atom. The lowest BCUT2D eigenvalue weighted by atomic mass is 9.87. The molecule has 124 valence electrons. The number of nitrogens with two attached hydrogens (primary N) is 1. The quantitative estimate of drug-likeness (QED) is 0.910. The van der Waals surface area contributed by atoms with Gasteiger partial charge in [-0.05, 0) is 60.8 Å². The van der Waals surface area contributed by atoms with Gasteiger partial charge in [0.2, 0.25) is 6.43 Å². The van der Waals surface area contributed by atoms with Gasteiger partial charge in [-0.3, -0.25) is 4.79 Å². The maximum absolute atomic E-state index is 13.2. The van der Waals surface area contributed by atoms with Crippen LogP contribution in [0.4, 0.5) is 8.78 Å². The van der Waals surface area contributed by atoms with Crippen LogP contribution in [-0.4, -0.2) is 36.4 Å². The van der Waals surface area contributed by atoms with Crippen molar-refractivity contribution in [3.05, 3.63) is 34.9 Å². The number of carbonyl (C=O) groups is 1. The molecule has 2 fully saturated rings. The van der Waals surface area contributed by atoms with E-state index in [0.29, 0.717) is 12.1 Å². The summed E-state index contributed by atoms with van der Waals surface area (Å²) in [5.41, 5.74) is 8.71. The molecule has 3 aliphatic rings. The number of alkyl halides is 2. The Balaban J connectivity index is 1.54. The number of carbonyl (C=O) groups excluding carboxylic acids is 1. The molecular weight excluding hydrogens is 298 g/mol. The number of fused-ring (bicyclic) bond motifs is 1. The van der Waals surface area contributed by atoms with E-state index < -0.39 is 12.3 Å². The van der Waals surface area contributed by atoms with Crippen molar-refractivity contribution in [1.29, 1.82) is 0 Å². The smallest absolute Gasteiger partial charge is 0.253 e. The third-order valence-corrected chi connectivity index (χ3v) is 5.91. The third kappa shape index (κ3) is 2.55. The topological polar surface area (TPSA) is 46.3 Å². The van der Waals surface area contributed by atoms with Crippen LogP contribution >= 0.6 is 0 Å². The van der Waals surface area contributed by atoms with Crippen LogP contribution in [0, 0.1) is 11.3 Å². The molecule has 1 spiro atoms. The molecule has 0 bridgehead atoms. The number of hydrogen-bond acceptors (Lipinski definition) is 2. The summed E-state index contributed by atoms with van der Waals surface area (Å²) < 4.78 is 26.5. The lowest BCUT2D eigenvalue weighted by molar-refractivity contribution is 0.0540. The number of aryl methyl sites for hydroxylation is 1. The first-order valence-electron chi connectivity index (χ1n) is 8.43. The average molecular weight is 320 g/mol. The lowest BCUT2D eigenvalue weighted by Crippen LogP contribution is -2.31. The van der Waals surface area contributed by atoms with E-state index in [1.54, 1.807) is 4.90 Å². The van der Waals surface area contributed by atoms with Gasteiger partial charge < -0.3 is 10.6 Å². The zero-order chi connectivity index (χ0) is 16.2. The van der Waals surface area contributed by atoms with E-state index in [2.05, 4.69) is 0 Å². The first-order valence-corrected chi connectivity index (χ1v) is 8.43. The van der Waals surface area contributed by atoms with Crippen molar-refractivity contribution in [1.82, 2.24) is 4.90 Å². The molecule has 5 heteroatoms. The van der Waals surface area contributed by atoms with Crippen LogP contribution in [0.5, 0.6) is 0 Å². The summed E-state index contributed by atoms with van der Waals surface area (Å²) in [6.07, 6.45) is 2.00. The molecule has 2 N–H and O–H groups in total. The van der Waals surface area contributed by atoms with Crippen molar-refractivity contribution in [2.45, 2.75) is 44.6 Å². The van der Waals surface area contributed by atoms with Crippen LogP contribution in [0.15, 0.2) is 18.2 Å². The minimum atomic E-state index is -2.33. The highest BCUT2D eigenvalue weighted by Gasteiger charge is 2.58. The second-order valence-electron chi connectivity index (χ2n) is 7.48. The number of benzene rings is 1. The predicted octanol–water partition coefficient (Wildman–Crippen LogP) is 2.62. The number of likely N-dealkylation sites (tertiary alicyclic amines) is 1. The first-order chi connectivity index (χ1) is 11.0. The summed E-state index contributed by atoms with van der Waals surface area (Å²) in [5, 5.41) is 0. The molecule has 1 saturated carbocycles. The van der Waals surface area contributed by atoms with Gasteiger partial charge in [0.05, 0.1) is 0 Å². The SMILES string of the molecule is NC1CCc2cc(C(=O)N3CC(C(F)F)C4(CC4)C3)ccc2C1. The van der Waals surface area contributed by atoms with Crippen molar-refractivity contribution in [2.75, 3.05) is 13.1 Å². The van der Waals surface area contributed by atoms with Crippen molar-refractivity contribution in [3.63, 3.8) is 0 Å². The van der Waals surface area contributed by atoms with E-state index in [1.807, 2.05) is 18.2 Å². The molecule has 1 aliphatic heterocycles. The van der Waals surface area contributed by atoms with Gasteiger partial charge in [0.1, 0.15) is 0 Å². The summed E-state index contributed by atoms with van der Waals surface area (Å²) in [5.74, 6) is -0.751. The highest BCUT2D eigenvalue weighted by molar-refractivity contribution is 5.94. The Labute approximate surface area is 134 Å². The van der Waals surface area contributed by atoms with Gasteiger partial charge in [0, 0.05) is 30.6 Å². The highest BCUT2D eigenvalue weighted by atomic mass is 19.3. The minimum absolute atomic E-state index is 0.0999. The molecule has 0 radical (unpaired) electrons. The Morgan fingerprint density at radius 1 is 1.30 bits per heavy atom. The molecular formula is C18H22F2N2O. The van der Waals surface area contributed by atoms with E-state index in [-0.39, 0.29) is 23.9 Å². The number of halogens is 2. The Bertz CT molecular complexity index is 642. The standard InChI is InChI=1S/C18H22F2N2O/c19-16(20)15-9-22(10-18(15)5-6-18)17(23)13-2-1-12-8-14(21)4-3-11(12)7-13/h1-2,7,14-16H,3-6,8-10,21H2. The van der Waals surface area contributed by atoms with Gasteiger partial charge in [-0.15, -0.1) is 0 Å². The van der Waals surface area contributed by atoms with E-state index in [9.17, 15) is 13.6 Å². The number of hydrogen-bond donors (Lipinski definition) is 1. The molecule has 1 aromatic rings. The highest BCUT2D eigenvalue weighted by Crippen LogP contribution is 2.58. The lowest BCUT2D eigenvalue weighted by Gasteiger charge is -2.23. The third-order valence-electron chi connectivity index (χ3n) is 5.91. The Morgan fingerprint density at radius 2 is 2.09 bits per heavy atom. The van der Waals surface area contributed by atoms with Crippen molar-refractivity contribution < 1.29 is 13.6 Å². The van der Waals surface area contributed by atoms with Gasteiger partial charge >= 0.3 is 0 Å². The fraction of sp³-hybridized carbons (Fsp3) is 0.611. The molecule has 1 aromatic carbocycles. The predicted molar refractivity (Wildman–Crippen MR) is 83.5 cm³/mol. The Hall–Kier alpha value is -1.49. The number of amides is 1. The fourth-order valence-electron chi connectivity index (χ4n) is 4.28. The van der Waals surface area contributed by atoms with Crippen molar-refractivity contribution >= 4 is 5.91 Å². The molecule has 1 saturated heterocycles. The second kappa shape index (κ2) is 5.26. The van der Waals surface area contributed by atoms with E-state index in [0.717, 1.165) is 32.1 Å². The normalized spacial score (nSPS) is 28.3. The molecule has 1 heterocycles. The maximum atomic E-state index is 13.2. The number of rotatable bonds is 2. The summed E-state index contributed by atoms with van der Waals surface area (Å²) >= 11 is 0. The van der Waals surface area contributed by atoms with Gasteiger partial charge in [0.25, 0.3) is 5.91 Å². The van der Waals surface area contributed by atoms with Gasteiger partial charge in [-0.2, -0.15) is 0 Å². The summed E-state index contributed by atoms with van der Waals surface area (Å²) in [4.78, 5) is 14.4. The van der Waals surface area contributed by atoms with Crippen LogP contribution in [0.3, 0.4) is 0 Å². The van der Waals surface area contributed by atoms with Gasteiger partial charge in [-0.25, -0.2) is 8.78 Å². The first kappa shape index (κ1) is 15.1. The van der Waals surface area contributed by atoms with Crippen LogP contribution in [-0.2, 0) is 12.8 Å². The summed E-state index contributed by atoms with van der Waals surface area (Å²) in [6.45, 7) is 0.682. The maximum Gasteiger partial charge on any atom is 0.253 e. The monoisotopic (exact) mass is 320 g/mol. The van der Waals surface area contributed by atoms with E-state index in [1.165, 1.54) is 11.1 Å². The molecule has 0 aromatic heterocycles. The van der Waals surface area contributed by atoms with Crippen LogP contribution < -0.4 is 5.73 Å². The summed E-state index contributed by atoms with van der Waals surface area (Å²) in [6, 6.07) is 5.95. The van der Waals surface area contributed by atoms with Crippen molar-refractivity contribution in [3.8, 4) is 0 Å². The molecule has 1 amide bonds. The van der Waals surface area contributed by atoms with Crippen molar-refractivity contribution in [2.24, 2.45) is 17.1 Å². The number of nitrogens with zero attached hydrogens (tertiary/aromatic N) is 1. The Kier molecular flexibility index (Phi) is 3.45. The van der Waals surface area contributed by atoms with E-state index >= 15 is 0 Å². The molecule has 23 heavy (non-hydrogen) atoms. The fourth-order valence-corrected chi connectivity index (χ4v) is 4.28. The van der Waals surface area contributed by atoms with E-state index in [4.69, 9.17) is 5.73 Å². The van der Waals surface area contributed by atoms with Gasteiger partial charge in [0.15, 0.2) is 0 Å². The zero-order valence-electron chi connectivity index (χ0n) is 13.1. The molecule has 2 aliphatic carbocycles. The molecule has 2 unspecified atom stereocenters. The molecule has 2 atom stereocenters. The molecule has 4 rings (SSSR count). The van der Waals surface area contributed by atoms with Crippen LogP contribution in [0.25, 0.3) is 0 Å². The molecule has 3 nitrogen and oxygen atoms in total. The summed E-state index contributed by atoms with van der Waals surface area (Å²) in [7, 11) is 0. The zero-order valence-corrected chi connectivity index (χ0v) is 13.1. The van der Waals surface area contributed by atoms with Gasteiger partial charge in [-0.1, -0.05) is 6.07 Å². The van der Waals surface area contributed by atoms with Crippen LogP contribution in [0.1, 0.15) is 40.7 Å². The van der Waals surface area contributed by atoms with Crippen LogP contribution in [0.2, 0.25) is 0 Å².